The fourth-order valence-corrected chi connectivity index (χ4v) is 0.650. The summed E-state index contributed by atoms with van der Waals surface area (Å²) in [4.78, 5) is 10.4. The lowest BCUT2D eigenvalue weighted by Crippen LogP contribution is -2.25. The van der Waals surface area contributed by atoms with E-state index in [1.165, 1.54) is 0 Å². The van der Waals surface area contributed by atoms with Crippen molar-refractivity contribution in [2.24, 2.45) is 0 Å². The summed E-state index contributed by atoms with van der Waals surface area (Å²) >= 11 is -2.51. The van der Waals surface area contributed by atoms with Crippen LogP contribution in [0.3, 0.4) is 0 Å². The van der Waals surface area contributed by atoms with Crippen molar-refractivity contribution in [2.45, 2.75) is 19.8 Å². The highest BCUT2D eigenvalue weighted by Gasteiger charge is 2.03. The average Bonchev–Trinajstić information content (AvgIpc) is 1.86. The van der Waals surface area contributed by atoms with Crippen LogP contribution in [0.1, 0.15) is 19.8 Å². The van der Waals surface area contributed by atoms with Crippen molar-refractivity contribution in [1.82, 2.24) is 5.32 Å². The lowest BCUT2D eigenvalue weighted by Gasteiger charge is -2.00. The third kappa shape index (κ3) is 7.27. The second kappa shape index (κ2) is 6.11. The summed E-state index contributed by atoms with van der Waals surface area (Å²) in [6.45, 7) is 2.43. The maximum absolute atomic E-state index is 10.4. The Bertz CT molecular complexity index is 149. The number of unbranched alkanes of at least 4 members (excludes halogenated alkanes) is 1. The molecule has 1 atom stereocenters. The van der Waals surface area contributed by atoms with Crippen molar-refractivity contribution in [3.05, 3.63) is 0 Å². The smallest absolute Gasteiger partial charge is 0.326 e. The number of carbonyl (C=O) groups excluding carboxylic acids is 1. The second-order valence-electron chi connectivity index (χ2n) is 1.87. The van der Waals surface area contributed by atoms with E-state index < -0.39 is 17.5 Å². The molecule has 0 aromatic carbocycles. The van der Waals surface area contributed by atoms with E-state index in [1.807, 2.05) is 6.92 Å². The number of hydrogen-bond donors (Lipinski definition) is 2. The predicted molar refractivity (Wildman–Crippen MR) is 40.2 cm³/mol. The summed E-state index contributed by atoms with van der Waals surface area (Å²) in [5.74, 6) is 0. The maximum Gasteiger partial charge on any atom is 0.422 e. The van der Waals surface area contributed by atoms with Crippen LogP contribution in [-0.4, -0.2) is 21.4 Å². The lowest BCUT2D eigenvalue weighted by atomic mass is 10.3. The van der Waals surface area contributed by atoms with Gasteiger partial charge in [0, 0.05) is 6.54 Å². The first kappa shape index (κ1) is 10.4. The zero-order valence-electron chi connectivity index (χ0n) is 6.20. The third-order valence-electron chi connectivity index (χ3n) is 0.947. The first-order valence-corrected chi connectivity index (χ1v) is 4.27. The number of rotatable bonds is 4. The van der Waals surface area contributed by atoms with E-state index in [9.17, 15) is 9.00 Å². The molecule has 1 amide bonds. The molecule has 2 N–H and O–H groups in total. The van der Waals surface area contributed by atoms with Crippen LogP contribution in [0.25, 0.3) is 0 Å². The van der Waals surface area contributed by atoms with Gasteiger partial charge in [-0.3, -0.25) is 4.55 Å². The van der Waals surface area contributed by atoms with E-state index in [-0.39, 0.29) is 0 Å². The van der Waals surface area contributed by atoms with Gasteiger partial charge in [0.15, 0.2) is 0 Å². The van der Waals surface area contributed by atoms with Crippen LogP contribution in [0.5, 0.6) is 0 Å². The summed E-state index contributed by atoms with van der Waals surface area (Å²) in [6, 6.07) is 0. The van der Waals surface area contributed by atoms with Crippen molar-refractivity contribution in [1.29, 1.82) is 0 Å². The van der Waals surface area contributed by atoms with Gasteiger partial charge in [-0.25, -0.2) is 4.79 Å². The monoisotopic (exact) mass is 181 g/mol. The van der Waals surface area contributed by atoms with Gasteiger partial charge in [-0.1, -0.05) is 13.3 Å². The molecule has 66 valence electrons. The standard InChI is InChI=1S/C5H11NO4S/c1-2-3-4-6-5(7)10-11(8)9/h2-4H2,1H3,(H,6,7)(H,8,9). The Morgan fingerprint density at radius 1 is 1.73 bits per heavy atom. The predicted octanol–water partition coefficient (Wildman–Crippen LogP) is 0.649. The second-order valence-corrected chi connectivity index (χ2v) is 2.47. The van der Waals surface area contributed by atoms with E-state index in [2.05, 4.69) is 9.50 Å². The van der Waals surface area contributed by atoms with Gasteiger partial charge in [0.05, 0.1) is 0 Å². The maximum atomic E-state index is 10.4. The van der Waals surface area contributed by atoms with Crippen LogP contribution in [0.2, 0.25) is 0 Å². The quantitative estimate of drug-likeness (QED) is 0.493. The Labute approximate surface area is 67.6 Å². The number of amides is 1. The molecule has 0 spiro atoms. The van der Waals surface area contributed by atoms with Crippen molar-refractivity contribution in [3.63, 3.8) is 0 Å². The Balaban J connectivity index is 3.30. The molecule has 0 aromatic heterocycles. The zero-order chi connectivity index (χ0) is 8.69. The van der Waals surface area contributed by atoms with E-state index in [4.69, 9.17) is 4.55 Å². The van der Waals surface area contributed by atoms with Crippen molar-refractivity contribution < 1.29 is 17.7 Å². The Hall–Kier alpha value is -0.620. The van der Waals surface area contributed by atoms with Crippen molar-refractivity contribution >= 4 is 17.5 Å². The topological polar surface area (TPSA) is 75.6 Å². The molecule has 0 aliphatic carbocycles. The Kier molecular flexibility index (Phi) is 5.77. The molecular weight excluding hydrogens is 170 g/mol. The Morgan fingerprint density at radius 3 is 2.82 bits per heavy atom. The highest BCUT2D eigenvalue weighted by atomic mass is 32.2. The highest BCUT2D eigenvalue weighted by molar-refractivity contribution is 7.74. The molecule has 1 unspecified atom stereocenters. The molecule has 0 saturated heterocycles. The third-order valence-corrected chi connectivity index (χ3v) is 1.24. The van der Waals surface area contributed by atoms with Gasteiger partial charge in [0.2, 0.25) is 0 Å². The minimum atomic E-state index is -2.51. The molecular formula is C5H11NO4S. The molecule has 11 heavy (non-hydrogen) atoms. The van der Waals surface area contributed by atoms with Crippen LogP contribution >= 0.6 is 0 Å². The first-order chi connectivity index (χ1) is 5.16. The van der Waals surface area contributed by atoms with Gasteiger partial charge in [0.25, 0.3) is 0 Å². The lowest BCUT2D eigenvalue weighted by molar-refractivity contribution is 0.201. The SMILES string of the molecule is CCCCNC(=O)OS(=O)O. The average molecular weight is 181 g/mol. The van der Waals surface area contributed by atoms with Gasteiger partial charge >= 0.3 is 17.5 Å². The van der Waals surface area contributed by atoms with E-state index >= 15 is 0 Å². The van der Waals surface area contributed by atoms with E-state index in [0.717, 1.165) is 12.8 Å². The van der Waals surface area contributed by atoms with Gasteiger partial charge < -0.3 is 9.50 Å². The first-order valence-electron chi connectivity index (χ1n) is 3.23. The molecule has 0 radical (unpaired) electrons. The molecule has 0 bridgehead atoms. The molecule has 0 rings (SSSR count). The van der Waals surface area contributed by atoms with Crippen LogP contribution in [0.15, 0.2) is 0 Å². The van der Waals surface area contributed by atoms with Gasteiger partial charge in [0.1, 0.15) is 0 Å². The highest BCUT2D eigenvalue weighted by Crippen LogP contribution is 1.85. The van der Waals surface area contributed by atoms with Crippen LogP contribution in [0.4, 0.5) is 4.79 Å². The molecule has 6 heteroatoms. The van der Waals surface area contributed by atoms with E-state index in [1.54, 1.807) is 0 Å². The van der Waals surface area contributed by atoms with Crippen LogP contribution in [-0.2, 0) is 15.5 Å². The van der Waals surface area contributed by atoms with E-state index in [0.29, 0.717) is 6.54 Å². The van der Waals surface area contributed by atoms with Gasteiger partial charge in [-0.05, 0) is 6.42 Å². The summed E-state index contributed by atoms with van der Waals surface area (Å²) in [6.07, 6.45) is 0.912. The zero-order valence-corrected chi connectivity index (χ0v) is 7.02. The number of hydrogen-bond acceptors (Lipinski definition) is 3. The van der Waals surface area contributed by atoms with Crippen molar-refractivity contribution in [2.75, 3.05) is 6.54 Å². The minimum Gasteiger partial charge on any atom is -0.326 e. The van der Waals surface area contributed by atoms with Gasteiger partial charge in [-0.2, -0.15) is 4.21 Å². The fraction of sp³-hybridized carbons (Fsp3) is 0.800. The Morgan fingerprint density at radius 2 is 2.36 bits per heavy atom. The van der Waals surface area contributed by atoms with Crippen molar-refractivity contribution in [3.8, 4) is 0 Å². The summed E-state index contributed by atoms with van der Waals surface area (Å²) in [5.41, 5.74) is 0. The molecule has 0 saturated carbocycles. The number of carbonyl (C=O) groups is 1. The molecule has 0 aliphatic rings. The minimum absolute atomic E-state index is 0.465. The number of nitrogens with one attached hydrogen (secondary N) is 1. The molecule has 0 aliphatic heterocycles. The van der Waals surface area contributed by atoms with Gasteiger partial charge in [-0.15, -0.1) is 0 Å². The van der Waals surface area contributed by atoms with Crippen LogP contribution < -0.4 is 5.32 Å². The fourth-order valence-electron chi connectivity index (χ4n) is 0.461. The molecule has 0 aromatic rings. The normalized spacial score (nSPS) is 12.2. The summed E-state index contributed by atoms with van der Waals surface area (Å²) < 4.78 is 21.8. The van der Waals surface area contributed by atoms with Crippen LogP contribution in [0, 0.1) is 0 Å². The summed E-state index contributed by atoms with van der Waals surface area (Å²) in [5, 5.41) is 2.30. The molecule has 0 fully saturated rings. The molecule has 0 heterocycles. The largest absolute Gasteiger partial charge is 0.422 e. The summed E-state index contributed by atoms with van der Waals surface area (Å²) in [7, 11) is 0. The molecule has 5 nitrogen and oxygen atoms in total.